The summed E-state index contributed by atoms with van der Waals surface area (Å²) >= 11 is 0. The molecule has 0 radical (unpaired) electrons. The highest BCUT2D eigenvalue weighted by Crippen LogP contribution is 2.03. The van der Waals surface area contributed by atoms with Crippen molar-refractivity contribution in [1.29, 1.82) is 0 Å². The Hall–Kier alpha value is -1.66. The second-order valence-electron chi connectivity index (χ2n) is 4.84. The maximum atomic E-state index is 12.0. The van der Waals surface area contributed by atoms with Crippen molar-refractivity contribution in [3.63, 3.8) is 0 Å². The number of aromatic nitrogens is 1. The third-order valence-electron chi connectivity index (χ3n) is 3.46. The topological polar surface area (TPSA) is 57.7 Å². The number of carbonyl (C=O) groups is 1. The Bertz CT molecular complexity index is 405. The molecule has 1 aromatic rings. The Balaban J connectivity index is 1.69. The van der Waals surface area contributed by atoms with E-state index < -0.39 is 0 Å². The number of hydrogen-bond donors (Lipinski definition) is 1. The van der Waals surface area contributed by atoms with Crippen LogP contribution in [0.1, 0.15) is 5.56 Å². The van der Waals surface area contributed by atoms with Gasteiger partial charge in [-0.2, -0.15) is 0 Å². The van der Waals surface area contributed by atoms with Crippen LogP contribution in [0.2, 0.25) is 0 Å². The summed E-state index contributed by atoms with van der Waals surface area (Å²) in [5, 5.41) is 2.94. The van der Waals surface area contributed by atoms with Gasteiger partial charge in [-0.25, -0.2) is 4.79 Å². The van der Waals surface area contributed by atoms with Gasteiger partial charge in [0.05, 0.1) is 6.61 Å². The van der Waals surface area contributed by atoms with Gasteiger partial charge in [0.15, 0.2) is 0 Å². The monoisotopic (exact) mass is 278 g/mol. The molecule has 2 heterocycles. The number of rotatable bonds is 5. The molecule has 0 atom stereocenters. The second-order valence-corrected chi connectivity index (χ2v) is 4.84. The van der Waals surface area contributed by atoms with Crippen molar-refractivity contribution in [1.82, 2.24) is 20.1 Å². The van der Waals surface area contributed by atoms with Gasteiger partial charge < -0.3 is 15.0 Å². The van der Waals surface area contributed by atoms with Crippen molar-refractivity contribution < 1.29 is 9.53 Å². The third kappa shape index (κ3) is 4.47. The summed E-state index contributed by atoms with van der Waals surface area (Å²) in [6, 6.07) is 3.82. The molecular formula is C14H22N4O2. The summed E-state index contributed by atoms with van der Waals surface area (Å²) in [4.78, 5) is 20.2. The zero-order chi connectivity index (χ0) is 14.2. The fourth-order valence-corrected chi connectivity index (χ4v) is 2.19. The first-order valence-electron chi connectivity index (χ1n) is 6.92. The van der Waals surface area contributed by atoms with Crippen LogP contribution in [0.5, 0.6) is 0 Å². The smallest absolute Gasteiger partial charge is 0.317 e. The zero-order valence-corrected chi connectivity index (χ0v) is 11.9. The molecule has 20 heavy (non-hydrogen) atoms. The van der Waals surface area contributed by atoms with E-state index in [9.17, 15) is 4.79 Å². The van der Waals surface area contributed by atoms with Crippen LogP contribution in [0.3, 0.4) is 0 Å². The summed E-state index contributed by atoms with van der Waals surface area (Å²) in [6.07, 6.45) is 3.46. The number of carbonyl (C=O) groups excluding carboxylic acids is 1. The highest BCUT2D eigenvalue weighted by Gasteiger charge is 2.20. The van der Waals surface area contributed by atoms with Crippen molar-refractivity contribution in [2.45, 2.75) is 6.54 Å². The molecule has 0 unspecified atom stereocenters. The number of ether oxygens (including phenoxy) is 1. The van der Waals surface area contributed by atoms with Gasteiger partial charge in [-0.05, 0) is 17.7 Å². The van der Waals surface area contributed by atoms with Crippen molar-refractivity contribution in [3.8, 4) is 0 Å². The molecule has 1 aliphatic heterocycles. The maximum absolute atomic E-state index is 12.0. The number of methoxy groups -OCH3 is 1. The first-order chi connectivity index (χ1) is 9.79. The fourth-order valence-electron chi connectivity index (χ4n) is 2.19. The second kappa shape index (κ2) is 7.81. The lowest BCUT2D eigenvalue weighted by Crippen LogP contribution is -2.52. The highest BCUT2D eigenvalue weighted by atomic mass is 16.5. The van der Waals surface area contributed by atoms with Gasteiger partial charge >= 0.3 is 6.03 Å². The number of nitrogens with zero attached hydrogens (tertiary/aromatic N) is 3. The number of pyridine rings is 1. The minimum absolute atomic E-state index is 0.00760. The lowest BCUT2D eigenvalue weighted by molar-refractivity contribution is 0.106. The molecule has 1 aliphatic rings. The summed E-state index contributed by atoms with van der Waals surface area (Å²) in [5.74, 6) is 0. The van der Waals surface area contributed by atoms with Crippen LogP contribution >= 0.6 is 0 Å². The van der Waals surface area contributed by atoms with Gasteiger partial charge in [0.2, 0.25) is 0 Å². The van der Waals surface area contributed by atoms with E-state index in [0.717, 1.165) is 44.9 Å². The Labute approximate surface area is 119 Å². The van der Waals surface area contributed by atoms with Gasteiger partial charge in [-0.3, -0.25) is 9.88 Å². The molecule has 0 bridgehead atoms. The minimum Gasteiger partial charge on any atom is -0.383 e. The molecule has 2 amide bonds. The molecule has 1 aromatic heterocycles. The van der Waals surface area contributed by atoms with E-state index in [4.69, 9.17) is 4.74 Å². The number of amides is 2. The molecular weight excluding hydrogens is 256 g/mol. The molecule has 1 saturated heterocycles. The molecule has 110 valence electrons. The van der Waals surface area contributed by atoms with Crippen molar-refractivity contribution in [3.05, 3.63) is 30.1 Å². The van der Waals surface area contributed by atoms with E-state index in [1.54, 1.807) is 19.5 Å². The molecule has 2 rings (SSSR count). The van der Waals surface area contributed by atoms with Crippen molar-refractivity contribution >= 4 is 6.03 Å². The van der Waals surface area contributed by atoms with E-state index in [1.165, 1.54) is 0 Å². The average Bonchev–Trinajstić information content (AvgIpc) is 2.52. The summed E-state index contributed by atoms with van der Waals surface area (Å²) in [6.45, 7) is 5.58. The molecule has 1 fully saturated rings. The number of piperazine rings is 1. The lowest BCUT2D eigenvalue weighted by atomic mass is 10.3. The molecule has 0 aliphatic carbocycles. The SMILES string of the molecule is COCCN1CCN(C(=O)NCc2ccncc2)CC1. The number of nitrogens with one attached hydrogen (secondary N) is 1. The van der Waals surface area contributed by atoms with Crippen LogP contribution in [-0.2, 0) is 11.3 Å². The molecule has 1 N–H and O–H groups in total. The average molecular weight is 278 g/mol. The quantitative estimate of drug-likeness (QED) is 0.855. The van der Waals surface area contributed by atoms with Crippen LogP contribution < -0.4 is 5.32 Å². The van der Waals surface area contributed by atoms with Gasteiger partial charge in [-0.15, -0.1) is 0 Å². The first kappa shape index (κ1) is 14.7. The Morgan fingerprint density at radius 3 is 2.65 bits per heavy atom. The van der Waals surface area contributed by atoms with E-state index in [-0.39, 0.29) is 6.03 Å². The van der Waals surface area contributed by atoms with Gasteiger partial charge in [0.1, 0.15) is 0 Å². The highest BCUT2D eigenvalue weighted by molar-refractivity contribution is 5.74. The lowest BCUT2D eigenvalue weighted by Gasteiger charge is -2.34. The Morgan fingerprint density at radius 2 is 2.00 bits per heavy atom. The standard InChI is InChI=1S/C14H22N4O2/c1-20-11-10-17-6-8-18(9-7-17)14(19)16-12-13-2-4-15-5-3-13/h2-5H,6-12H2,1H3,(H,16,19). The van der Waals surface area contributed by atoms with E-state index in [2.05, 4.69) is 15.2 Å². The number of hydrogen-bond acceptors (Lipinski definition) is 4. The maximum Gasteiger partial charge on any atom is 0.317 e. The van der Waals surface area contributed by atoms with E-state index >= 15 is 0 Å². The normalized spacial score (nSPS) is 16.1. The molecule has 6 nitrogen and oxygen atoms in total. The van der Waals surface area contributed by atoms with Gasteiger partial charge in [-0.1, -0.05) is 0 Å². The molecule has 0 saturated carbocycles. The van der Waals surface area contributed by atoms with Gasteiger partial charge in [0.25, 0.3) is 0 Å². The Morgan fingerprint density at radius 1 is 1.30 bits per heavy atom. The fraction of sp³-hybridized carbons (Fsp3) is 0.571. The third-order valence-corrected chi connectivity index (χ3v) is 3.46. The van der Waals surface area contributed by atoms with E-state index in [1.807, 2.05) is 17.0 Å². The van der Waals surface area contributed by atoms with Crippen molar-refractivity contribution in [2.24, 2.45) is 0 Å². The predicted octanol–water partition coefficient (Wildman–Crippen LogP) is 0.555. The van der Waals surface area contributed by atoms with Crippen molar-refractivity contribution in [2.75, 3.05) is 46.4 Å². The summed E-state index contributed by atoms with van der Waals surface area (Å²) in [5.41, 5.74) is 1.06. The molecule has 0 aromatic carbocycles. The minimum atomic E-state index is 0.00760. The zero-order valence-electron chi connectivity index (χ0n) is 11.9. The van der Waals surface area contributed by atoms with Crippen LogP contribution in [0.15, 0.2) is 24.5 Å². The first-order valence-corrected chi connectivity index (χ1v) is 6.92. The number of urea groups is 1. The van der Waals surface area contributed by atoms with Crippen LogP contribution in [0.4, 0.5) is 4.79 Å². The van der Waals surface area contributed by atoms with Crippen LogP contribution in [0, 0.1) is 0 Å². The molecule has 6 heteroatoms. The Kier molecular flexibility index (Phi) is 5.76. The van der Waals surface area contributed by atoms with Crippen LogP contribution in [0.25, 0.3) is 0 Å². The van der Waals surface area contributed by atoms with E-state index in [0.29, 0.717) is 6.54 Å². The summed E-state index contributed by atoms with van der Waals surface area (Å²) in [7, 11) is 1.71. The van der Waals surface area contributed by atoms with Gasteiger partial charge in [0, 0.05) is 58.8 Å². The predicted molar refractivity (Wildman–Crippen MR) is 76.4 cm³/mol. The summed E-state index contributed by atoms with van der Waals surface area (Å²) < 4.78 is 5.07. The largest absolute Gasteiger partial charge is 0.383 e. The van der Waals surface area contributed by atoms with Crippen LogP contribution in [-0.4, -0.2) is 67.3 Å². The molecule has 0 spiro atoms.